The number of ether oxygens (including phenoxy) is 1. The number of hydrogen-bond donors (Lipinski definition) is 2. The minimum atomic E-state index is -0.246. The Balaban J connectivity index is 1.46. The maximum atomic E-state index is 13.0. The summed E-state index contributed by atoms with van der Waals surface area (Å²) < 4.78 is 5.00. The summed E-state index contributed by atoms with van der Waals surface area (Å²) in [4.78, 5) is 31.6. The van der Waals surface area contributed by atoms with E-state index in [4.69, 9.17) is 4.74 Å². The molecule has 2 aromatic carbocycles. The highest BCUT2D eigenvalue weighted by Gasteiger charge is 2.26. The van der Waals surface area contributed by atoms with Crippen molar-refractivity contribution in [1.29, 1.82) is 0 Å². The molecule has 0 aromatic heterocycles. The van der Waals surface area contributed by atoms with Crippen LogP contribution in [-0.4, -0.2) is 80.6 Å². The molecule has 0 bridgehead atoms. The van der Waals surface area contributed by atoms with E-state index in [0.717, 1.165) is 48.1 Å². The largest absolute Gasteiger partial charge is 0.385 e. The van der Waals surface area contributed by atoms with Gasteiger partial charge < -0.3 is 15.4 Å². The van der Waals surface area contributed by atoms with Crippen molar-refractivity contribution in [3.05, 3.63) is 54.6 Å². The Kier molecular flexibility index (Phi) is 10.2. The summed E-state index contributed by atoms with van der Waals surface area (Å²) in [5.74, 6) is 0.0262. The number of amides is 2. The van der Waals surface area contributed by atoms with Crippen LogP contribution in [0.4, 0.5) is 5.69 Å². The van der Waals surface area contributed by atoms with Gasteiger partial charge in [0, 0.05) is 56.2 Å². The van der Waals surface area contributed by atoms with Crippen LogP contribution < -0.4 is 10.6 Å². The van der Waals surface area contributed by atoms with Gasteiger partial charge in [-0.15, -0.1) is 0 Å². The second-order valence-corrected chi connectivity index (χ2v) is 9.20. The van der Waals surface area contributed by atoms with Crippen LogP contribution in [0.2, 0.25) is 0 Å². The van der Waals surface area contributed by atoms with Gasteiger partial charge in [-0.05, 0) is 37.6 Å². The molecule has 1 aliphatic heterocycles. The third kappa shape index (κ3) is 8.16. The number of benzene rings is 2. The number of nitrogens with zero attached hydrogens (tertiary/aromatic N) is 2. The highest BCUT2D eigenvalue weighted by molar-refractivity contribution is 7.99. The summed E-state index contributed by atoms with van der Waals surface area (Å²) >= 11 is 1.64. The van der Waals surface area contributed by atoms with Crippen LogP contribution in [0.3, 0.4) is 0 Å². The molecule has 33 heavy (non-hydrogen) atoms. The number of para-hydroxylation sites is 1. The first-order valence-electron chi connectivity index (χ1n) is 11.4. The third-order valence-corrected chi connectivity index (χ3v) is 6.75. The Morgan fingerprint density at radius 3 is 2.45 bits per heavy atom. The molecular formula is C25H34N4O3S. The number of methoxy groups -OCH3 is 1. The smallest absolute Gasteiger partial charge is 0.241 e. The van der Waals surface area contributed by atoms with E-state index in [1.165, 1.54) is 0 Å². The summed E-state index contributed by atoms with van der Waals surface area (Å²) in [6.45, 7) is 6.67. The van der Waals surface area contributed by atoms with Gasteiger partial charge in [-0.1, -0.05) is 42.1 Å². The van der Waals surface area contributed by atoms with Crippen LogP contribution in [0.15, 0.2) is 64.4 Å². The molecule has 1 atom stereocenters. The zero-order chi connectivity index (χ0) is 23.5. The SMILES string of the molecule is COCCCNC(=O)CN1CCN(C(C)C(=O)Nc2ccccc2Sc2ccccc2)CC1. The molecule has 1 aliphatic rings. The summed E-state index contributed by atoms with van der Waals surface area (Å²) in [6, 6.07) is 17.8. The monoisotopic (exact) mass is 470 g/mol. The van der Waals surface area contributed by atoms with E-state index in [9.17, 15) is 9.59 Å². The average Bonchev–Trinajstić information content (AvgIpc) is 2.84. The highest BCUT2D eigenvalue weighted by Crippen LogP contribution is 2.33. The molecular weight excluding hydrogens is 436 g/mol. The van der Waals surface area contributed by atoms with Crippen molar-refractivity contribution < 1.29 is 14.3 Å². The number of nitrogens with one attached hydrogen (secondary N) is 2. The molecule has 1 unspecified atom stereocenters. The molecule has 1 fully saturated rings. The molecule has 3 rings (SSSR count). The first-order chi connectivity index (χ1) is 16.1. The van der Waals surface area contributed by atoms with E-state index in [1.54, 1.807) is 18.9 Å². The molecule has 1 saturated heterocycles. The molecule has 0 saturated carbocycles. The summed E-state index contributed by atoms with van der Waals surface area (Å²) in [6.07, 6.45) is 0.815. The summed E-state index contributed by atoms with van der Waals surface area (Å²) in [5.41, 5.74) is 0.826. The number of carbonyl (C=O) groups excluding carboxylic acids is 2. The van der Waals surface area contributed by atoms with Crippen molar-refractivity contribution in [2.45, 2.75) is 29.2 Å². The Bertz CT molecular complexity index is 888. The van der Waals surface area contributed by atoms with Crippen molar-refractivity contribution in [2.24, 2.45) is 0 Å². The molecule has 2 aromatic rings. The fraction of sp³-hybridized carbons (Fsp3) is 0.440. The lowest BCUT2D eigenvalue weighted by atomic mass is 10.2. The molecule has 178 valence electrons. The predicted molar refractivity (Wildman–Crippen MR) is 133 cm³/mol. The van der Waals surface area contributed by atoms with E-state index in [-0.39, 0.29) is 17.9 Å². The number of hydrogen-bond acceptors (Lipinski definition) is 6. The molecule has 2 amide bonds. The lowest BCUT2D eigenvalue weighted by Crippen LogP contribution is -2.54. The molecule has 0 radical (unpaired) electrons. The van der Waals surface area contributed by atoms with Gasteiger partial charge in [0.1, 0.15) is 0 Å². The van der Waals surface area contributed by atoms with Gasteiger partial charge in [-0.25, -0.2) is 0 Å². The van der Waals surface area contributed by atoms with Crippen molar-refractivity contribution >= 4 is 29.3 Å². The lowest BCUT2D eigenvalue weighted by molar-refractivity contribution is -0.124. The lowest BCUT2D eigenvalue weighted by Gasteiger charge is -2.37. The van der Waals surface area contributed by atoms with Crippen LogP contribution >= 0.6 is 11.8 Å². The third-order valence-electron chi connectivity index (χ3n) is 5.66. The van der Waals surface area contributed by atoms with Gasteiger partial charge >= 0.3 is 0 Å². The zero-order valence-corrected chi connectivity index (χ0v) is 20.3. The van der Waals surface area contributed by atoms with Crippen LogP contribution in [0.25, 0.3) is 0 Å². The summed E-state index contributed by atoms with van der Waals surface area (Å²) in [7, 11) is 1.66. The van der Waals surface area contributed by atoms with Crippen LogP contribution in [-0.2, 0) is 14.3 Å². The van der Waals surface area contributed by atoms with E-state index in [2.05, 4.69) is 32.6 Å². The topological polar surface area (TPSA) is 73.9 Å². The Labute approximate surface area is 200 Å². The van der Waals surface area contributed by atoms with Crippen molar-refractivity contribution in [1.82, 2.24) is 15.1 Å². The maximum Gasteiger partial charge on any atom is 0.241 e. The van der Waals surface area contributed by atoms with Gasteiger partial charge in [-0.3, -0.25) is 19.4 Å². The molecule has 1 heterocycles. The van der Waals surface area contributed by atoms with Crippen molar-refractivity contribution in [2.75, 3.05) is 58.3 Å². The average molecular weight is 471 g/mol. The number of carbonyl (C=O) groups is 2. The molecule has 7 nitrogen and oxygen atoms in total. The number of anilines is 1. The Morgan fingerprint density at radius 2 is 1.73 bits per heavy atom. The van der Waals surface area contributed by atoms with Crippen molar-refractivity contribution in [3.8, 4) is 0 Å². The maximum absolute atomic E-state index is 13.0. The second kappa shape index (κ2) is 13.3. The normalized spacial score (nSPS) is 15.7. The van der Waals surface area contributed by atoms with Crippen LogP contribution in [0, 0.1) is 0 Å². The van der Waals surface area contributed by atoms with E-state index < -0.39 is 0 Å². The first kappa shape index (κ1) is 25.2. The van der Waals surface area contributed by atoms with Crippen molar-refractivity contribution in [3.63, 3.8) is 0 Å². The minimum absolute atomic E-state index is 0.0135. The predicted octanol–water partition coefficient (Wildman–Crippen LogP) is 2.94. The fourth-order valence-corrected chi connectivity index (χ4v) is 4.61. The van der Waals surface area contributed by atoms with E-state index in [1.807, 2.05) is 49.4 Å². The quantitative estimate of drug-likeness (QED) is 0.492. The van der Waals surface area contributed by atoms with Gasteiger partial charge in [0.25, 0.3) is 0 Å². The van der Waals surface area contributed by atoms with Gasteiger partial charge in [0.2, 0.25) is 11.8 Å². The van der Waals surface area contributed by atoms with Gasteiger partial charge in [-0.2, -0.15) is 0 Å². The molecule has 0 spiro atoms. The minimum Gasteiger partial charge on any atom is -0.385 e. The van der Waals surface area contributed by atoms with Gasteiger partial charge in [0.15, 0.2) is 0 Å². The van der Waals surface area contributed by atoms with Crippen LogP contribution in [0.1, 0.15) is 13.3 Å². The van der Waals surface area contributed by atoms with Crippen LogP contribution in [0.5, 0.6) is 0 Å². The Morgan fingerprint density at radius 1 is 1.03 bits per heavy atom. The number of rotatable bonds is 11. The fourth-order valence-electron chi connectivity index (χ4n) is 3.69. The number of piperazine rings is 1. The second-order valence-electron chi connectivity index (χ2n) is 8.08. The summed E-state index contributed by atoms with van der Waals surface area (Å²) in [5, 5.41) is 6.04. The molecule has 0 aliphatic carbocycles. The van der Waals surface area contributed by atoms with E-state index >= 15 is 0 Å². The standard InChI is InChI=1S/C25H34N4O3S/c1-20(29-16-14-28(15-17-29)19-24(30)26-13-8-18-32-2)25(31)27-22-11-6-7-12-23(22)33-21-9-4-3-5-10-21/h3-7,9-12,20H,8,13-19H2,1-2H3,(H,26,30)(H,27,31). The Hall–Kier alpha value is -2.39. The zero-order valence-electron chi connectivity index (χ0n) is 19.5. The van der Waals surface area contributed by atoms with E-state index in [0.29, 0.717) is 19.7 Å². The van der Waals surface area contributed by atoms with Gasteiger partial charge in [0.05, 0.1) is 18.3 Å². The highest BCUT2D eigenvalue weighted by atomic mass is 32.2. The molecule has 8 heteroatoms. The molecule has 2 N–H and O–H groups in total. The first-order valence-corrected chi connectivity index (χ1v) is 12.2.